The molecule has 1 heterocycles. The number of nitrogens with one attached hydrogen (secondary N) is 1. The Morgan fingerprint density at radius 3 is 2.25 bits per heavy atom. The van der Waals surface area contributed by atoms with E-state index >= 15 is 0 Å². The summed E-state index contributed by atoms with van der Waals surface area (Å²) in [4.78, 5) is 4.60. The fraction of sp³-hybridized carbons (Fsp3) is 0.368. The summed E-state index contributed by atoms with van der Waals surface area (Å²) in [5, 5.41) is 1.30. The average Bonchev–Trinajstić information content (AvgIpc) is 2.66. The van der Waals surface area contributed by atoms with Crippen molar-refractivity contribution in [3.63, 3.8) is 0 Å². The molecule has 152 valence electrons. The van der Waals surface area contributed by atoms with Gasteiger partial charge < -0.3 is 4.90 Å². The molecule has 1 aliphatic heterocycles. The Morgan fingerprint density at radius 1 is 0.964 bits per heavy atom. The van der Waals surface area contributed by atoms with Crippen LogP contribution in [0.25, 0.3) is 0 Å². The molecule has 2 aromatic carbocycles. The number of sulfonamides is 1. The maximum absolute atomic E-state index is 12.5. The lowest BCUT2D eigenvalue weighted by Crippen LogP contribution is -2.48. The highest BCUT2D eigenvalue weighted by atomic mass is 35.5. The first kappa shape index (κ1) is 21.7. The second-order valence-corrected chi connectivity index (χ2v) is 9.72. The van der Waals surface area contributed by atoms with Crippen LogP contribution in [0.3, 0.4) is 0 Å². The third-order valence-corrected chi connectivity index (χ3v) is 7.37. The monoisotopic (exact) mass is 461 g/mol. The molecule has 1 N–H and O–H groups in total. The van der Waals surface area contributed by atoms with Gasteiger partial charge in [-0.2, -0.15) is 0 Å². The van der Waals surface area contributed by atoms with Crippen LogP contribution in [0, 0.1) is 6.92 Å². The molecule has 0 unspecified atom stereocenters. The van der Waals surface area contributed by atoms with Gasteiger partial charge in [-0.3, -0.25) is 4.90 Å². The van der Waals surface area contributed by atoms with Crippen LogP contribution in [0.2, 0.25) is 15.1 Å². The highest BCUT2D eigenvalue weighted by molar-refractivity contribution is 7.89. The third-order valence-electron chi connectivity index (χ3n) is 4.79. The van der Waals surface area contributed by atoms with Crippen LogP contribution in [-0.4, -0.2) is 52.6 Å². The second-order valence-electron chi connectivity index (χ2n) is 6.73. The Kier molecular flexibility index (Phi) is 7.12. The topological polar surface area (TPSA) is 52.7 Å². The van der Waals surface area contributed by atoms with Crippen molar-refractivity contribution in [1.82, 2.24) is 9.62 Å². The first-order valence-electron chi connectivity index (χ1n) is 8.94. The van der Waals surface area contributed by atoms with E-state index in [2.05, 4.69) is 14.5 Å². The molecule has 5 nitrogen and oxygen atoms in total. The van der Waals surface area contributed by atoms with E-state index < -0.39 is 10.0 Å². The van der Waals surface area contributed by atoms with Gasteiger partial charge in [0.1, 0.15) is 4.90 Å². The number of hydrogen-bond donors (Lipinski definition) is 1. The molecule has 0 amide bonds. The van der Waals surface area contributed by atoms with Gasteiger partial charge in [-0.15, -0.1) is 0 Å². The molecular formula is C19H22Cl3N3O2S. The van der Waals surface area contributed by atoms with Gasteiger partial charge in [0.2, 0.25) is 10.0 Å². The van der Waals surface area contributed by atoms with Crippen LogP contribution in [0.1, 0.15) is 5.56 Å². The first-order valence-corrected chi connectivity index (χ1v) is 11.6. The predicted molar refractivity (Wildman–Crippen MR) is 116 cm³/mol. The van der Waals surface area contributed by atoms with E-state index in [0.717, 1.165) is 36.9 Å². The summed E-state index contributed by atoms with van der Waals surface area (Å²) >= 11 is 18.0. The van der Waals surface area contributed by atoms with Gasteiger partial charge in [-0.1, -0.05) is 34.8 Å². The number of nitrogens with zero attached hydrogens (tertiary/aromatic N) is 2. The minimum absolute atomic E-state index is 0.0589. The van der Waals surface area contributed by atoms with Crippen molar-refractivity contribution in [2.24, 2.45) is 0 Å². The van der Waals surface area contributed by atoms with Crippen molar-refractivity contribution >= 4 is 50.5 Å². The van der Waals surface area contributed by atoms with E-state index in [1.165, 1.54) is 12.1 Å². The molecule has 0 spiro atoms. The van der Waals surface area contributed by atoms with E-state index in [0.29, 0.717) is 23.7 Å². The summed E-state index contributed by atoms with van der Waals surface area (Å²) in [5.41, 5.74) is 1.82. The van der Waals surface area contributed by atoms with Gasteiger partial charge in [-0.25, -0.2) is 13.1 Å². The first-order chi connectivity index (χ1) is 13.3. The number of halogens is 3. The quantitative estimate of drug-likeness (QED) is 0.703. The molecule has 1 aliphatic rings. The summed E-state index contributed by atoms with van der Waals surface area (Å²) in [7, 11) is -3.68. The fourth-order valence-electron chi connectivity index (χ4n) is 3.13. The summed E-state index contributed by atoms with van der Waals surface area (Å²) < 4.78 is 27.7. The van der Waals surface area contributed by atoms with Crippen LogP contribution >= 0.6 is 34.8 Å². The van der Waals surface area contributed by atoms with Crippen molar-refractivity contribution in [2.75, 3.05) is 44.2 Å². The van der Waals surface area contributed by atoms with E-state index in [1.54, 1.807) is 6.92 Å². The lowest BCUT2D eigenvalue weighted by atomic mass is 10.2. The lowest BCUT2D eigenvalue weighted by molar-refractivity contribution is 0.262. The Balaban J connectivity index is 1.50. The molecule has 0 radical (unpaired) electrons. The molecule has 9 heteroatoms. The molecule has 2 aromatic rings. The summed E-state index contributed by atoms with van der Waals surface area (Å²) in [6, 6.07) is 10.8. The zero-order valence-electron chi connectivity index (χ0n) is 15.5. The molecule has 0 bridgehead atoms. The van der Waals surface area contributed by atoms with Crippen LogP contribution < -0.4 is 9.62 Å². The SMILES string of the molecule is Cc1cc(S(=O)(=O)NCCN2CCN(c3ccc(Cl)cc3)CC2)c(Cl)cc1Cl. The molecular weight excluding hydrogens is 441 g/mol. The Morgan fingerprint density at radius 2 is 1.61 bits per heavy atom. The highest BCUT2D eigenvalue weighted by Gasteiger charge is 2.21. The largest absolute Gasteiger partial charge is 0.369 e. The normalized spacial score (nSPS) is 15.8. The zero-order chi connectivity index (χ0) is 20.3. The van der Waals surface area contributed by atoms with Crippen LogP contribution in [0.4, 0.5) is 5.69 Å². The van der Waals surface area contributed by atoms with Gasteiger partial charge in [0.05, 0.1) is 5.02 Å². The number of rotatable bonds is 6. The minimum Gasteiger partial charge on any atom is -0.369 e. The van der Waals surface area contributed by atoms with Crippen molar-refractivity contribution < 1.29 is 8.42 Å². The number of piperazine rings is 1. The van der Waals surface area contributed by atoms with Crippen molar-refractivity contribution in [1.29, 1.82) is 0 Å². The van der Waals surface area contributed by atoms with Crippen LogP contribution in [0.15, 0.2) is 41.3 Å². The molecule has 28 heavy (non-hydrogen) atoms. The Hall–Kier alpha value is -1.02. The predicted octanol–water partition coefficient (Wildman–Crippen LogP) is 4.06. The van der Waals surface area contributed by atoms with Gasteiger partial charge >= 0.3 is 0 Å². The van der Waals surface area contributed by atoms with Crippen molar-refractivity contribution in [2.45, 2.75) is 11.8 Å². The van der Waals surface area contributed by atoms with Crippen molar-refractivity contribution in [3.8, 4) is 0 Å². The van der Waals surface area contributed by atoms with Crippen molar-refractivity contribution in [3.05, 3.63) is 57.0 Å². The summed E-state index contributed by atoms with van der Waals surface area (Å²) in [5.74, 6) is 0. The standard InChI is InChI=1S/C19H22Cl3N3O2S/c1-14-12-19(18(22)13-17(14)21)28(26,27)23-6-7-24-8-10-25(11-9-24)16-4-2-15(20)3-5-16/h2-5,12-13,23H,6-11H2,1H3. The van der Waals surface area contributed by atoms with Crippen LogP contribution in [-0.2, 0) is 10.0 Å². The molecule has 0 aromatic heterocycles. The molecule has 0 aliphatic carbocycles. The number of aryl methyl sites for hydroxylation is 1. The highest BCUT2D eigenvalue weighted by Crippen LogP contribution is 2.28. The van der Waals surface area contributed by atoms with Gasteiger partial charge in [0.15, 0.2) is 0 Å². The molecule has 1 saturated heterocycles. The smallest absolute Gasteiger partial charge is 0.242 e. The zero-order valence-corrected chi connectivity index (χ0v) is 18.5. The Bertz CT molecular complexity index is 928. The van der Waals surface area contributed by atoms with Gasteiger partial charge in [0.25, 0.3) is 0 Å². The number of benzene rings is 2. The lowest BCUT2D eigenvalue weighted by Gasteiger charge is -2.36. The van der Waals surface area contributed by atoms with Crippen LogP contribution in [0.5, 0.6) is 0 Å². The Labute approximate surface area is 181 Å². The average molecular weight is 463 g/mol. The molecule has 1 fully saturated rings. The maximum Gasteiger partial charge on any atom is 0.242 e. The number of hydrogen-bond acceptors (Lipinski definition) is 4. The molecule has 3 rings (SSSR count). The van der Waals surface area contributed by atoms with E-state index in [1.807, 2.05) is 24.3 Å². The third kappa shape index (κ3) is 5.32. The van der Waals surface area contributed by atoms with E-state index in [9.17, 15) is 8.42 Å². The number of anilines is 1. The minimum atomic E-state index is -3.68. The fourth-order valence-corrected chi connectivity index (χ4v) is 5.11. The van der Waals surface area contributed by atoms with Gasteiger partial charge in [0, 0.05) is 55.0 Å². The molecule has 0 atom stereocenters. The van der Waals surface area contributed by atoms with Gasteiger partial charge in [-0.05, 0) is 48.9 Å². The maximum atomic E-state index is 12.5. The van der Waals surface area contributed by atoms with E-state index in [4.69, 9.17) is 34.8 Å². The summed E-state index contributed by atoms with van der Waals surface area (Å²) in [6.07, 6.45) is 0. The summed E-state index contributed by atoms with van der Waals surface area (Å²) in [6.45, 7) is 6.21. The second kappa shape index (κ2) is 9.20. The van der Waals surface area contributed by atoms with E-state index in [-0.39, 0.29) is 9.92 Å². The molecule has 0 saturated carbocycles.